The second-order valence-corrected chi connectivity index (χ2v) is 7.18. The van der Waals surface area contributed by atoms with Crippen LogP contribution in [0.4, 0.5) is 0 Å². The summed E-state index contributed by atoms with van der Waals surface area (Å²) in [6.45, 7) is 0. The summed E-state index contributed by atoms with van der Waals surface area (Å²) in [5.74, 6) is 0. The highest BCUT2D eigenvalue weighted by molar-refractivity contribution is 5.62. The van der Waals surface area contributed by atoms with Crippen LogP contribution in [0, 0.1) is 7.14 Å². The first-order valence-electron chi connectivity index (χ1n) is 6.28. The first-order valence-corrected chi connectivity index (χ1v) is 8.43. The van der Waals surface area contributed by atoms with E-state index in [-0.39, 0.29) is 21.2 Å². The molecule has 0 aliphatic carbocycles. The highest BCUT2D eigenvalue weighted by atomic mass is 127. The molecule has 0 aliphatic heterocycles. The maximum atomic E-state index is 2.27. The number of halogens is 1. The van der Waals surface area contributed by atoms with Crippen molar-refractivity contribution in [2.45, 2.75) is 0 Å². The minimum Gasteiger partial charge on any atom is -0.0622 e. The van der Waals surface area contributed by atoms with Crippen LogP contribution in [0.25, 0.3) is 11.1 Å². The molecule has 0 amide bonds. The Kier molecular flexibility index (Phi) is 3.94. The molecular weight excluding hydrogens is 343 g/mol. The lowest BCUT2D eigenvalue weighted by Gasteiger charge is -2.00. The first kappa shape index (κ1) is 12.4. The molecule has 0 fully saturated rings. The van der Waals surface area contributed by atoms with E-state index < -0.39 is 0 Å². The lowest BCUT2D eigenvalue weighted by atomic mass is 10.1. The summed E-state index contributed by atoms with van der Waals surface area (Å²) in [4.78, 5) is 0. The molecule has 0 atom stereocenters. The quantitative estimate of drug-likeness (QED) is 0.623. The van der Waals surface area contributed by atoms with Crippen LogP contribution >= 0.6 is 0 Å². The third-order valence-corrected chi connectivity index (χ3v) is 5.77. The van der Waals surface area contributed by atoms with E-state index in [2.05, 4.69) is 84.9 Å². The Morgan fingerprint density at radius 3 is 1.84 bits per heavy atom. The molecule has 0 unspecified atom stereocenters. The van der Waals surface area contributed by atoms with Crippen molar-refractivity contribution in [2.75, 3.05) is 0 Å². The standard InChI is InChI=1S/C18H14I/c1-3-9-15(10-4-1)17-13-7-8-14-18(17)19-16-11-5-2-6-12-16/h1-14H/q+1. The Morgan fingerprint density at radius 2 is 1.11 bits per heavy atom. The maximum Gasteiger partial charge on any atom is 0.358 e. The topological polar surface area (TPSA) is 0 Å². The van der Waals surface area contributed by atoms with Crippen molar-refractivity contribution in [1.82, 2.24) is 0 Å². The van der Waals surface area contributed by atoms with Crippen molar-refractivity contribution in [3.8, 4) is 11.1 Å². The zero-order valence-corrected chi connectivity index (χ0v) is 12.6. The number of benzene rings is 3. The van der Waals surface area contributed by atoms with E-state index in [4.69, 9.17) is 0 Å². The van der Waals surface area contributed by atoms with Gasteiger partial charge in [-0.2, -0.15) is 0 Å². The van der Waals surface area contributed by atoms with E-state index in [0.717, 1.165) is 0 Å². The molecular formula is C18H14I+. The molecule has 0 heterocycles. The number of hydrogen-bond donors (Lipinski definition) is 0. The number of hydrogen-bond acceptors (Lipinski definition) is 0. The molecule has 0 aliphatic rings. The molecule has 0 radical (unpaired) electrons. The number of rotatable bonds is 3. The van der Waals surface area contributed by atoms with Crippen LogP contribution in [0.3, 0.4) is 0 Å². The summed E-state index contributed by atoms with van der Waals surface area (Å²) in [7, 11) is 0. The van der Waals surface area contributed by atoms with Crippen molar-refractivity contribution < 1.29 is 21.2 Å². The summed E-state index contributed by atoms with van der Waals surface area (Å²) in [5, 5.41) is 0. The molecule has 0 spiro atoms. The fraction of sp³-hybridized carbons (Fsp3) is 0. The van der Waals surface area contributed by atoms with Crippen LogP contribution in [-0.2, 0) is 0 Å². The van der Waals surface area contributed by atoms with Crippen LogP contribution in [0.1, 0.15) is 0 Å². The van der Waals surface area contributed by atoms with E-state index >= 15 is 0 Å². The highest BCUT2D eigenvalue weighted by Gasteiger charge is 2.19. The summed E-state index contributed by atoms with van der Waals surface area (Å²) in [6, 6.07) is 30.2. The van der Waals surface area contributed by atoms with Gasteiger partial charge in [0.05, 0.1) is 0 Å². The SMILES string of the molecule is c1ccc([I+]c2ccccc2-c2ccccc2)cc1. The first-order chi connectivity index (χ1) is 9.43. The second kappa shape index (κ2) is 6.02. The van der Waals surface area contributed by atoms with Crippen molar-refractivity contribution in [2.24, 2.45) is 0 Å². The predicted octanol–water partition coefficient (Wildman–Crippen LogP) is 1.48. The smallest absolute Gasteiger partial charge is 0.0622 e. The van der Waals surface area contributed by atoms with Gasteiger partial charge in [-0.1, -0.05) is 60.7 Å². The van der Waals surface area contributed by atoms with Crippen LogP contribution in [-0.4, -0.2) is 0 Å². The van der Waals surface area contributed by atoms with Crippen LogP contribution in [0.2, 0.25) is 0 Å². The van der Waals surface area contributed by atoms with Gasteiger partial charge in [-0.05, 0) is 29.8 Å². The molecule has 0 saturated carbocycles. The van der Waals surface area contributed by atoms with Crippen LogP contribution in [0.5, 0.6) is 0 Å². The Hall–Kier alpha value is -1.61. The molecule has 92 valence electrons. The van der Waals surface area contributed by atoms with E-state index in [1.165, 1.54) is 18.3 Å². The van der Waals surface area contributed by atoms with Gasteiger partial charge in [0, 0.05) is 5.56 Å². The molecule has 0 saturated heterocycles. The predicted molar refractivity (Wildman–Crippen MR) is 75.7 cm³/mol. The maximum absolute atomic E-state index is 2.27. The average molecular weight is 357 g/mol. The molecule has 0 aromatic heterocycles. The van der Waals surface area contributed by atoms with Crippen LogP contribution in [0.15, 0.2) is 84.9 Å². The average Bonchev–Trinajstić information content (AvgIpc) is 2.50. The molecule has 0 bridgehead atoms. The molecule has 3 aromatic rings. The summed E-state index contributed by atoms with van der Waals surface area (Å²) < 4.78 is 2.95. The molecule has 0 N–H and O–H groups in total. The Morgan fingerprint density at radius 1 is 0.526 bits per heavy atom. The van der Waals surface area contributed by atoms with E-state index in [9.17, 15) is 0 Å². The zero-order chi connectivity index (χ0) is 12.9. The second-order valence-electron chi connectivity index (χ2n) is 4.24. The van der Waals surface area contributed by atoms with E-state index in [0.29, 0.717) is 0 Å². The third-order valence-electron chi connectivity index (χ3n) is 2.90. The summed E-state index contributed by atoms with van der Waals surface area (Å²) in [6.07, 6.45) is 0. The van der Waals surface area contributed by atoms with Gasteiger partial charge in [-0.15, -0.1) is 0 Å². The third kappa shape index (κ3) is 3.04. The van der Waals surface area contributed by atoms with Crippen molar-refractivity contribution in [3.05, 3.63) is 92.1 Å². The Labute approximate surface area is 124 Å². The van der Waals surface area contributed by atoms with Gasteiger partial charge in [0.25, 0.3) is 0 Å². The fourth-order valence-corrected chi connectivity index (χ4v) is 4.61. The van der Waals surface area contributed by atoms with Gasteiger partial charge in [-0.3, -0.25) is 0 Å². The summed E-state index contributed by atoms with van der Waals surface area (Å²) >= 11 is -0.119. The normalized spacial score (nSPS) is 10.3. The minimum absolute atomic E-state index is 0.119. The van der Waals surface area contributed by atoms with Crippen molar-refractivity contribution in [3.63, 3.8) is 0 Å². The molecule has 3 aromatic carbocycles. The van der Waals surface area contributed by atoms with Gasteiger partial charge in [0.15, 0.2) is 3.57 Å². The lowest BCUT2D eigenvalue weighted by molar-refractivity contribution is -0.596. The zero-order valence-electron chi connectivity index (χ0n) is 10.5. The summed E-state index contributed by atoms with van der Waals surface area (Å²) in [5.41, 5.74) is 2.69. The van der Waals surface area contributed by atoms with Gasteiger partial charge >= 0.3 is 21.2 Å². The Balaban J connectivity index is 1.99. The van der Waals surface area contributed by atoms with E-state index in [1.54, 1.807) is 0 Å². The van der Waals surface area contributed by atoms with Crippen LogP contribution < -0.4 is 21.2 Å². The van der Waals surface area contributed by atoms with Gasteiger partial charge in [0.1, 0.15) is 0 Å². The van der Waals surface area contributed by atoms with Gasteiger partial charge in [-0.25, -0.2) is 0 Å². The fourth-order valence-electron chi connectivity index (χ4n) is 1.99. The highest BCUT2D eigenvalue weighted by Crippen LogP contribution is 2.17. The largest absolute Gasteiger partial charge is 0.358 e. The lowest BCUT2D eigenvalue weighted by Crippen LogP contribution is -3.61. The molecule has 19 heavy (non-hydrogen) atoms. The Bertz CT molecular complexity index is 645. The minimum atomic E-state index is -0.119. The molecule has 0 nitrogen and oxygen atoms in total. The molecule has 3 rings (SSSR count). The van der Waals surface area contributed by atoms with E-state index in [1.807, 2.05) is 0 Å². The monoisotopic (exact) mass is 357 g/mol. The van der Waals surface area contributed by atoms with Crippen molar-refractivity contribution in [1.29, 1.82) is 0 Å². The molecule has 1 heteroatoms. The van der Waals surface area contributed by atoms with Crippen molar-refractivity contribution >= 4 is 0 Å². The van der Waals surface area contributed by atoms with Gasteiger partial charge < -0.3 is 0 Å². The van der Waals surface area contributed by atoms with Gasteiger partial charge in [0.2, 0.25) is 3.57 Å².